The average Bonchev–Trinajstić information content (AvgIpc) is 2.62. The van der Waals surface area contributed by atoms with E-state index < -0.39 is 0 Å². The lowest BCUT2D eigenvalue weighted by atomic mass is 9.58. The molecule has 2 atom stereocenters. The van der Waals surface area contributed by atoms with Gasteiger partial charge in [-0.2, -0.15) is 0 Å². The van der Waals surface area contributed by atoms with Gasteiger partial charge < -0.3 is 14.7 Å². The number of halogens is 1. The summed E-state index contributed by atoms with van der Waals surface area (Å²) in [5.41, 5.74) is 1.48. The van der Waals surface area contributed by atoms with Crippen LogP contribution in [0, 0.1) is 11.2 Å². The molecule has 1 aliphatic carbocycles. The van der Waals surface area contributed by atoms with Gasteiger partial charge in [-0.05, 0) is 50.0 Å². The Kier molecular flexibility index (Phi) is 5.25. The topological polar surface area (TPSA) is 49.8 Å². The number of nitrogens with zero attached hydrogens (tertiary/aromatic N) is 1. The molecule has 0 aromatic heterocycles. The Labute approximate surface area is 148 Å². The van der Waals surface area contributed by atoms with Gasteiger partial charge in [0.1, 0.15) is 5.82 Å². The highest BCUT2D eigenvalue weighted by Crippen LogP contribution is 2.50. The van der Waals surface area contributed by atoms with Gasteiger partial charge in [0.2, 0.25) is 5.91 Å². The maximum absolute atomic E-state index is 13.0. The van der Waals surface area contributed by atoms with Gasteiger partial charge in [-0.1, -0.05) is 12.1 Å². The number of aliphatic hydroxyl groups is 1. The normalized spacial score (nSPS) is 25.8. The Morgan fingerprint density at radius 1 is 1.36 bits per heavy atom. The highest BCUT2D eigenvalue weighted by atomic mass is 19.1. The van der Waals surface area contributed by atoms with Crippen molar-refractivity contribution < 1.29 is 19.0 Å². The van der Waals surface area contributed by atoms with Crippen LogP contribution in [0.25, 0.3) is 5.57 Å². The summed E-state index contributed by atoms with van der Waals surface area (Å²) in [6.45, 7) is 5.75. The number of piperidine rings is 1. The van der Waals surface area contributed by atoms with Crippen molar-refractivity contribution in [3.05, 3.63) is 41.7 Å². The quantitative estimate of drug-likeness (QED) is 0.852. The van der Waals surface area contributed by atoms with Crippen molar-refractivity contribution in [3.63, 3.8) is 0 Å². The molecule has 1 saturated carbocycles. The molecule has 0 radical (unpaired) electrons. The molecule has 2 aliphatic rings. The molecule has 2 fully saturated rings. The summed E-state index contributed by atoms with van der Waals surface area (Å²) in [7, 11) is 0. The van der Waals surface area contributed by atoms with Crippen LogP contribution in [0.2, 0.25) is 0 Å². The zero-order valence-electron chi connectivity index (χ0n) is 14.9. The molecule has 1 saturated heterocycles. The predicted molar refractivity (Wildman–Crippen MR) is 94.3 cm³/mol. The fourth-order valence-electron chi connectivity index (χ4n) is 4.03. The van der Waals surface area contributed by atoms with Crippen LogP contribution < -0.4 is 0 Å². The first-order valence-corrected chi connectivity index (χ1v) is 8.99. The third kappa shape index (κ3) is 3.48. The second kappa shape index (κ2) is 7.26. The van der Waals surface area contributed by atoms with Crippen LogP contribution in [-0.4, -0.2) is 47.8 Å². The lowest BCUT2D eigenvalue weighted by molar-refractivity contribution is -0.209. The molecule has 25 heavy (non-hydrogen) atoms. The van der Waals surface area contributed by atoms with E-state index in [0.717, 1.165) is 24.0 Å². The number of hydrogen-bond acceptors (Lipinski definition) is 3. The largest absolute Gasteiger partial charge is 0.392 e. The lowest BCUT2D eigenvalue weighted by Gasteiger charge is -2.56. The summed E-state index contributed by atoms with van der Waals surface area (Å²) in [4.78, 5) is 14.4. The first kappa shape index (κ1) is 18.1. The molecule has 4 nitrogen and oxygen atoms in total. The highest BCUT2D eigenvalue weighted by molar-refractivity contribution is 5.94. The third-order valence-corrected chi connectivity index (χ3v) is 5.76. The van der Waals surface area contributed by atoms with Crippen LogP contribution >= 0.6 is 0 Å². The van der Waals surface area contributed by atoms with Crippen molar-refractivity contribution in [1.29, 1.82) is 0 Å². The molecule has 1 N–H and O–H groups in total. The van der Waals surface area contributed by atoms with E-state index >= 15 is 0 Å². The van der Waals surface area contributed by atoms with Gasteiger partial charge in [0, 0.05) is 37.6 Å². The lowest BCUT2D eigenvalue weighted by Crippen LogP contribution is -2.62. The molecule has 1 amide bonds. The summed E-state index contributed by atoms with van der Waals surface area (Å²) in [5.74, 6) is -0.314. The summed E-state index contributed by atoms with van der Waals surface area (Å²) < 4.78 is 18.8. The predicted octanol–water partition coefficient (Wildman–Crippen LogP) is 3.01. The van der Waals surface area contributed by atoms with E-state index in [4.69, 9.17) is 4.74 Å². The van der Waals surface area contributed by atoms with Crippen LogP contribution in [0.3, 0.4) is 0 Å². The van der Waals surface area contributed by atoms with E-state index in [1.807, 2.05) is 18.7 Å². The maximum Gasteiger partial charge on any atom is 0.246 e. The van der Waals surface area contributed by atoms with E-state index in [-0.39, 0.29) is 29.3 Å². The molecular weight excluding hydrogens is 321 g/mol. The second-order valence-corrected chi connectivity index (χ2v) is 7.09. The molecule has 0 bridgehead atoms. The Hall–Kier alpha value is -1.72. The van der Waals surface area contributed by atoms with Gasteiger partial charge in [0.05, 0.1) is 12.2 Å². The first-order chi connectivity index (χ1) is 12.0. The van der Waals surface area contributed by atoms with Crippen molar-refractivity contribution >= 4 is 11.5 Å². The standard InChI is InChI=1S/C20H26FNO3/c1-3-25-18-13-17(23)20(18)8-10-22(11-9-20)19(24)12-14(2)15-4-6-16(21)7-5-15/h4-7,12,17-18,23H,3,8-11,13H2,1-2H3/b14-12-. The zero-order valence-corrected chi connectivity index (χ0v) is 14.9. The van der Waals surface area contributed by atoms with E-state index in [0.29, 0.717) is 26.1 Å². The van der Waals surface area contributed by atoms with Gasteiger partial charge >= 0.3 is 0 Å². The van der Waals surface area contributed by atoms with Crippen LogP contribution in [0.5, 0.6) is 0 Å². The number of carbonyl (C=O) groups excluding carboxylic acids is 1. The summed E-state index contributed by atoms with van der Waals surface area (Å²) in [5, 5.41) is 10.2. The number of aliphatic hydroxyl groups excluding tert-OH is 1. The van der Waals surface area contributed by atoms with Crippen molar-refractivity contribution in [2.45, 2.75) is 45.3 Å². The minimum Gasteiger partial charge on any atom is -0.392 e. The van der Waals surface area contributed by atoms with Crippen molar-refractivity contribution in [3.8, 4) is 0 Å². The van der Waals surface area contributed by atoms with Gasteiger partial charge in [0.25, 0.3) is 0 Å². The van der Waals surface area contributed by atoms with Gasteiger partial charge in [-0.3, -0.25) is 4.79 Å². The maximum atomic E-state index is 13.0. The second-order valence-electron chi connectivity index (χ2n) is 7.09. The summed E-state index contributed by atoms with van der Waals surface area (Å²) >= 11 is 0. The van der Waals surface area contributed by atoms with Crippen molar-refractivity contribution in [1.82, 2.24) is 4.90 Å². The highest BCUT2D eigenvalue weighted by Gasteiger charge is 2.56. The number of allylic oxidation sites excluding steroid dienone is 1. The Bertz CT molecular complexity index is 645. The minimum absolute atomic E-state index is 0.0292. The summed E-state index contributed by atoms with van der Waals surface area (Å²) in [6, 6.07) is 6.15. The van der Waals surface area contributed by atoms with Gasteiger partial charge in [-0.25, -0.2) is 4.39 Å². The molecule has 5 heteroatoms. The van der Waals surface area contributed by atoms with E-state index in [1.54, 1.807) is 18.2 Å². The molecular formula is C20H26FNO3. The molecule has 1 aliphatic heterocycles. The third-order valence-electron chi connectivity index (χ3n) is 5.76. The molecule has 2 unspecified atom stereocenters. The SMILES string of the molecule is CCOC1CC(O)C12CCN(C(=O)/C=C(/C)c1ccc(F)cc1)CC2. The van der Waals surface area contributed by atoms with E-state index in [1.165, 1.54) is 12.1 Å². The fraction of sp³-hybridized carbons (Fsp3) is 0.550. The van der Waals surface area contributed by atoms with E-state index in [9.17, 15) is 14.3 Å². The number of rotatable bonds is 4. The van der Waals surface area contributed by atoms with Crippen LogP contribution in [-0.2, 0) is 9.53 Å². The Balaban J connectivity index is 1.62. The molecule has 136 valence electrons. The minimum atomic E-state index is -0.321. The van der Waals surface area contributed by atoms with Crippen LogP contribution in [0.1, 0.15) is 38.7 Å². The number of hydrogen-bond donors (Lipinski definition) is 1. The van der Waals surface area contributed by atoms with Crippen molar-refractivity contribution in [2.75, 3.05) is 19.7 Å². The Morgan fingerprint density at radius 3 is 2.56 bits per heavy atom. The van der Waals surface area contributed by atoms with Gasteiger partial charge in [0.15, 0.2) is 0 Å². The van der Waals surface area contributed by atoms with E-state index in [2.05, 4.69) is 0 Å². The molecule has 3 rings (SSSR count). The number of ether oxygens (including phenoxy) is 1. The molecule has 1 aromatic rings. The first-order valence-electron chi connectivity index (χ1n) is 8.99. The zero-order chi connectivity index (χ0) is 18.0. The van der Waals surface area contributed by atoms with Crippen LogP contribution in [0.4, 0.5) is 4.39 Å². The monoisotopic (exact) mass is 347 g/mol. The smallest absolute Gasteiger partial charge is 0.246 e. The van der Waals surface area contributed by atoms with Gasteiger partial charge in [-0.15, -0.1) is 0 Å². The molecule has 1 heterocycles. The molecule has 1 aromatic carbocycles. The molecule has 1 spiro atoms. The number of likely N-dealkylation sites (tertiary alicyclic amines) is 1. The Morgan fingerprint density at radius 2 is 2.00 bits per heavy atom. The number of benzene rings is 1. The average molecular weight is 347 g/mol. The number of carbonyl (C=O) groups is 1. The van der Waals surface area contributed by atoms with Crippen molar-refractivity contribution in [2.24, 2.45) is 5.41 Å². The van der Waals surface area contributed by atoms with Crippen LogP contribution in [0.15, 0.2) is 30.3 Å². The number of amides is 1. The summed E-state index contributed by atoms with van der Waals surface area (Å²) in [6.07, 6.45) is 3.65. The fourth-order valence-corrected chi connectivity index (χ4v) is 4.03.